The molecular weight excluding hydrogens is 386 g/mol. The number of imide groups is 2. The first kappa shape index (κ1) is 19.0. The molecule has 2 aromatic carbocycles. The van der Waals surface area contributed by atoms with Gasteiger partial charge in [0.2, 0.25) is 0 Å². The lowest BCUT2D eigenvalue weighted by Gasteiger charge is -2.26. The molecule has 140 valence electrons. The van der Waals surface area contributed by atoms with Crippen molar-refractivity contribution in [1.29, 1.82) is 0 Å². The number of benzene rings is 2. The van der Waals surface area contributed by atoms with Crippen molar-refractivity contribution in [3.05, 3.63) is 87.0 Å². The van der Waals surface area contributed by atoms with Gasteiger partial charge in [0.15, 0.2) is 0 Å². The van der Waals surface area contributed by atoms with Crippen molar-refractivity contribution < 1.29 is 19.3 Å². The summed E-state index contributed by atoms with van der Waals surface area (Å²) in [5, 5.41) is 13.5. The van der Waals surface area contributed by atoms with E-state index in [4.69, 9.17) is 11.6 Å². The molecule has 0 radical (unpaired) electrons. The number of nitro groups is 1. The maximum Gasteiger partial charge on any atom is 0.335 e. The molecule has 1 saturated heterocycles. The number of halogens is 1. The van der Waals surface area contributed by atoms with Gasteiger partial charge in [0, 0.05) is 11.1 Å². The van der Waals surface area contributed by atoms with E-state index in [2.05, 4.69) is 5.32 Å². The SMILES string of the molecule is O=C1NC(=O)N(c2ccc(Cl)cc2)C(=O)C1=CC=Cc1ccccc1[N+](=O)[O-]. The zero-order chi connectivity index (χ0) is 20.3. The van der Waals surface area contributed by atoms with Crippen LogP contribution in [-0.4, -0.2) is 22.8 Å². The number of hydrogen-bond donors (Lipinski definition) is 1. The van der Waals surface area contributed by atoms with Gasteiger partial charge in [-0.2, -0.15) is 0 Å². The van der Waals surface area contributed by atoms with E-state index in [0.717, 1.165) is 4.90 Å². The van der Waals surface area contributed by atoms with Crippen molar-refractivity contribution in [2.45, 2.75) is 0 Å². The monoisotopic (exact) mass is 397 g/mol. The summed E-state index contributed by atoms with van der Waals surface area (Å²) in [6.45, 7) is 0. The van der Waals surface area contributed by atoms with E-state index in [9.17, 15) is 24.5 Å². The standard InChI is InChI=1S/C19H12ClN3O5/c20-13-8-10-14(11-9-13)22-18(25)15(17(24)21-19(22)26)6-3-5-12-4-1-2-7-16(12)23(27)28/h1-11H,(H,21,24,26). The van der Waals surface area contributed by atoms with Crippen molar-refractivity contribution in [3.63, 3.8) is 0 Å². The highest BCUT2D eigenvalue weighted by Gasteiger charge is 2.36. The predicted octanol–water partition coefficient (Wildman–Crippen LogP) is 3.47. The second-order valence-electron chi connectivity index (χ2n) is 5.63. The van der Waals surface area contributed by atoms with Crippen LogP contribution < -0.4 is 10.2 Å². The molecule has 28 heavy (non-hydrogen) atoms. The molecule has 1 fully saturated rings. The Morgan fingerprint density at radius 2 is 1.71 bits per heavy atom. The lowest BCUT2D eigenvalue weighted by Crippen LogP contribution is -2.54. The first-order valence-electron chi connectivity index (χ1n) is 7.95. The number of amides is 4. The van der Waals surface area contributed by atoms with Gasteiger partial charge in [0.25, 0.3) is 17.5 Å². The van der Waals surface area contributed by atoms with Crippen LogP contribution in [0.4, 0.5) is 16.2 Å². The molecule has 1 heterocycles. The van der Waals surface area contributed by atoms with Crippen molar-refractivity contribution in [3.8, 4) is 0 Å². The molecule has 2 aromatic rings. The summed E-state index contributed by atoms with van der Waals surface area (Å²) in [7, 11) is 0. The van der Waals surface area contributed by atoms with Crippen LogP contribution in [0, 0.1) is 10.1 Å². The van der Waals surface area contributed by atoms with Gasteiger partial charge in [0.1, 0.15) is 5.57 Å². The molecular formula is C19H12ClN3O5. The van der Waals surface area contributed by atoms with E-state index in [1.807, 2.05) is 0 Å². The first-order chi connectivity index (χ1) is 13.4. The Labute approximate surface area is 163 Å². The van der Waals surface area contributed by atoms with E-state index in [1.54, 1.807) is 6.07 Å². The van der Waals surface area contributed by atoms with Crippen LogP contribution in [0.15, 0.2) is 66.3 Å². The van der Waals surface area contributed by atoms with E-state index in [0.29, 0.717) is 10.6 Å². The van der Waals surface area contributed by atoms with Crippen LogP contribution in [0.2, 0.25) is 5.02 Å². The molecule has 1 N–H and O–H groups in total. The molecule has 0 aliphatic carbocycles. The Bertz CT molecular complexity index is 1040. The topological polar surface area (TPSA) is 110 Å². The molecule has 0 spiro atoms. The molecule has 0 unspecified atom stereocenters. The van der Waals surface area contributed by atoms with Crippen LogP contribution in [0.1, 0.15) is 5.56 Å². The van der Waals surface area contributed by atoms with Crippen molar-refractivity contribution in [2.75, 3.05) is 4.90 Å². The predicted molar refractivity (Wildman–Crippen MR) is 103 cm³/mol. The average molecular weight is 398 g/mol. The third kappa shape index (κ3) is 3.81. The van der Waals surface area contributed by atoms with E-state index in [1.165, 1.54) is 60.7 Å². The molecule has 8 nitrogen and oxygen atoms in total. The van der Waals surface area contributed by atoms with Crippen LogP contribution in [0.25, 0.3) is 6.08 Å². The quantitative estimate of drug-likeness (QED) is 0.367. The Hall–Kier alpha value is -3.78. The van der Waals surface area contributed by atoms with Crippen LogP contribution in [-0.2, 0) is 9.59 Å². The summed E-state index contributed by atoms with van der Waals surface area (Å²) >= 11 is 5.81. The highest BCUT2D eigenvalue weighted by Crippen LogP contribution is 2.23. The Morgan fingerprint density at radius 1 is 1.04 bits per heavy atom. The number of hydrogen-bond acceptors (Lipinski definition) is 5. The van der Waals surface area contributed by atoms with Gasteiger partial charge < -0.3 is 0 Å². The maximum absolute atomic E-state index is 12.7. The minimum Gasteiger partial charge on any atom is -0.273 e. The second kappa shape index (κ2) is 7.85. The fourth-order valence-electron chi connectivity index (χ4n) is 2.54. The van der Waals surface area contributed by atoms with E-state index in [-0.39, 0.29) is 16.9 Å². The summed E-state index contributed by atoms with van der Waals surface area (Å²) in [4.78, 5) is 48.1. The Kier molecular flexibility index (Phi) is 5.32. The van der Waals surface area contributed by atoms with Crippen molar-refractivity contribution in [2.24, 2.45) is 0 Å². The smallest absolute Gasteiger partial charge is 0.273 e. The van der Waals surface area contributed by atoms with Gasteiger partial charge in [-0.15, -0.1) is 0 Å². The Morgan fingerprint density at radius 3 is 2.39 bits per heavy atom. The minimum absolute atomic E-state index is 0.116. The third-order valence-corrected chi connectivity index (χ3v) is 4.11. The number of urea groups is 1. The number of para-hydroxylation sites is 1. The van der Waals surface area contributed by atoms with Gasteiger partial charge in [-0.25, -0.2) is 9.69 Å². The second-order valence-corrected chi connectivity index (χ2v) is 6.07. The largest absolute Gasteiger partial charge is 0.335 e. The minimum atomic E-state index is -0.878. The molecule has 0 atom stereocenters. The van der Waals surface area contributed by atoms with Gasteiger partial charge in [-0.1, -0.05) is 29.8 Å². The number of nitro benzene ring substituents is 1. The van der Waals surface area contributed by atoms with E-state index >= 15 is 0 Å². The summed E-state index contributed by atoms with van der Waals surface area (Å²) in [6, 6.07) is 11.1. The summed E-state index contributed by atoms with van der Waals surface area (Å²) < 4.78 is 0. The number of anilines is 1. The van der Waals surface area contributed by atoms with Crippen molar-refractivity contribution in [1.82, 2.24) is 5.32 Å². The number of carbonyl (C=O) groups excluding carboxylic acids is 3. The zero-order valence-electron chi connectivity index (χ0n) is 14.2. The van der Waals surface area contributed by atoms with E-state index < -0.39 is 22.8 Å². The number of rotatable bonds is 4. The summed E-state index contributed by atoms with van der Waals surface area (Å²) in [5.41, 5.74) is 0.144. The molecule has 0 aromatic heterocycles. The van der Waals surface area contributed by atoms with Crippen LogP contribution in [0.3, 0.4) is 0 Å². The maximum atomic E-state index is 12.7. The Balaban J connectivity index is 1.91. The van der Waals surface area contributed by atoms with Gasteiger partial charge >= 0.3 is 6.03 Å². The lowest BCUT2D eigenvalue weighted by atomic mass is 10.1. The van der Waals surface area contributed by atoms with Crippen LogP contribution >= 0.6 is 11.6 Å². The molecule has 0 saturated carbocycles. The fraction of sp³-hybridized carbons (Fsp3) is 0. The number of nitrogens with one attached hydrogen (secondary N) is 1. The van der Waals surface area contributed by atoms with Gasteiger partial charge in [-0.05, 0) is 42.5 Å². The number of nitrogens with zero attached hydrogens (tertiary/aromatic N) is 2. The molecule has 1 aliphatic heterocycles. The molecule has 1 aliphatic rings. The first-order valence-corrected chi connectivity index (χ1v) is 8.33. The number of carbonyl (C=O) groups is 3. The third-order valence-electron chi connectivity index (χ3n) is 3.86. The van der Waals surface area contributed by atoms with Gasteiger partial charge in [-0.3, -0.25) is 25.0 Å². The summed E-state index contributed by atoms with van der Waals surface area (Å²) in [5.74, 6) is -1.67. The highest BCUT2D eigenvalue weighted by molar-refractivity contribution is 6.37. The zero-order valence-corrected chi connectivity index (χ0v) is 14.9. The lowest BCUT2D eigenvalue weighted by molar-refractivity contribution is -0.385. The molecule has 9 heteroatoms. The fourth-order valence-corrected chi connectivity index (χ4v) is 2.67. The summed E-state index contributed by atoms with van der Waals surface area (Å²) in [6.07, 6.45) is 3.93. The van der Waals surface area contributed by atoms with Crippen molar-refractivity contribution >= 4 is 46.9 Å². The normalized spacial score (nSPS) is 16.0. The van der Waals surface area contributed by atoms with Crippen LogP contribution in [0.5, 0.6) is 0 Å². The number of allylic oxidation sites excluding steroid dienone is 2. The number of barbiturate groups is 1. The molecule has 4 amide bonds. The molecule has 0 bridgehead atoms. The van der Waals surface area contributed by atoms with Gasteiger partial charge in [0.05, 0.1) is 16.2 Å². The highest BCUT2D eigenvalue weighted by atomic mass is 35.5. The average Bonchev–Trinajstić information content (AvgIpc) is 2.66. The molecule has 3 rings (SSSR count).